The summed E-state index contributed by atoms with van der Waals surface area (Å²) >= 11 is 0. The van der Waals surface area contributed by atoms with Crippen molar-refractivity contribution in [3.8, 4) is 0 Å². The fourth-order valence-electron chi connectivity index (χ4n) is 2.53. The molecule has 0 aromatic carbocycles. The van der Waals surface area contributed by atoms with E-state index in [9.17, 15) is 4.79 Å². The predicted octanol–water partition coefficient (Wildman–Crippen LogP) is 1.83. The van der Waals surface area contributed by atoms with Crippen LogP contribution >= 0.6 is 0 Å². The van der Waals surface area contributed by atoms with Gasteiger partial charge in [0.2, 0.25) is 0 Å². The fourth-order valence-corrected chi connectivity index (χ4v) is 2.53. The van der Waals surface area contributed by atoms with E-state index in [1.165, 1.54) is 32.2 Å². The molecule has 1 atom stereocenters. The lowest BCUT2D eigenvalue weighted by molar-refractivity contribution is -0.143. The van der Waals surface area contributed by atoms with Crippen molar-refractivity contribution >= 4 is 5.97 Å². The molecule has 0 aliphatic heterocycles. The summed E-state index contributed by atoms with van der Waals surface area (Å²) in [5.74, 6) is 0.0593. The Labute approximate surface area is 110 Å². The van der Waals surface area contributed by atoms with Crippen LogP contribution in [-0.4, -0.2) is 40.6 Å². The van der Waals surface area contributed by atoms with Gasteiger partial charge in [-0.25, -0.2) is 0 Å². The quantitative estimate of drug-likeness (QED) is 0.659. The molecule has 3 N–H and O–H groups in total. The Balaban J connectivity index is 1.73. The van der Waals surface area contributed by atoms with Crippen LogP contribution in [0.5, 0.6) is 0 Å². The first-order valence-electron chi connectivity index (χ1n) is 7.31. The van der Waals surface area contributed by atoms with Gasteiger partial charge in [0.1, 0.15) is 5.54 Å². The molecule has 0 aromatic rings. The standard InChI is InChI=1S/C14H26N2O2/c1-2-14(15,13(17)18)8-3-9-16(12-6-7-12)10-11-4-5-11/h11-12H,2-10,15H2,1H3,(H,17,18). The summed E-state index contributed by atoms with van der Waals surface area (Å²) in [5.41, 5.74) is 4.89. The third kappa shape index (κ3) is 3.69. The zero-order valence-electron chi connectivity index (χ0n) is 11.4. The van der Waals surface area contributed by atoms with Gasteiger partial charge in [-0.1, -0.05) is 6.92 Å². The van der Waals surface area contributed by atoms with Crippen LogP contribution in [0.2, 0.25) is 0 Å². The van der Waals surface area contributed by atoms with Gasteiger partial charge in [0.25, 0.3) is 0 Å². The van der Waals surface area contributed by atoms with Crippen LogP contribution in [0.3, 0.4) is 0 Å². The van der Waals surface area contributed by atoms with Gasteiger partial charge in [-0.15, -0.1) is 0 Å². The fraction of sp³-hybridized carbons (Fsp3) is 0.929. The van der Waals surface area contributed by atoms with E-state index in [1.807, 2.05) is 6.92 Å². The highest BCUT2D eigenvalue weighted by Gasteiger charge is 2.35. The van der Waals surface area contributed by atoms with Crippen LogP contribution in [0.15, 0.2) is 0 Å². The van der Waals surface area contributed by atoms with Gasteiger partial charge in [-0.05, 0) is 57.4 Å². The molecule has 0 saturated heterocycles. The summed E-state index contributed by atoms with van der Waals surface area (Å²) in [5, 5.41) is 9.14. The maximum Gasteiger partial charge on any atom is 0.323 e. The summed E-state index contributed by atoms with van der Waals surface area (Å²) in [6.45, 7) is 4.10. The van der Waals surface area contributed by atoms with E-state index in [1.54, 1.807) is 0 Å². The molecular formula is C14H26N2O2. The van der Waals surface area contributed by atoms with Gasteiger partial charge in [-0.2, -0.15) is 0 Å². The summed E-state index contributed by atoms with van der Waals surface area (Å²) in [4.78, 5) is 13.7. The summed E-state index contributed by atoms with van der Waals surface area (Å²) in [6.07, 6.45) is 7.42. The smallest absolute Gasteiger partial charge is 0.323 e. The van der Waals surface area contributed by atoms with E-state index in [4.69, 9.17) is 10.8 Å². The molecule has 18 heavy (non-hydrogen) atoms. The number of carbonyl (C=O) groups is 1. The van der Waals surface area contributed by atoms with Crippen molar-refractivity contribution in [1.29, 1.82) is 0 Å². The Morgan fingerprint density at radius 3 is 2.50 bits per heavy atom. The second-order valence-corrected chi connectivity index (χ2v) is 6.09. The number of carboxylic acids is 1. The molecule has 0 heterocycles. The monoisotopic (exact) mass is 254 g/mol. The molecule has 2 saturated carbocycles. The van der Waals surface area contributed by atoms with Gasteiger partial charge in [0, 0.05) is 12.6 Å². The van der Waals surface area contributed by atoms with Gasteiger partial charge in [0.15, 0.2) is 0 Å². The van der Waals surface area contributed by atoms with Crippen molar-refractivity contribution < 1.29 is 9.90 Å². The van der Waals surface area contributed by atoms with Crippen LogP contribution in [0.4, 0.5) is 0 Å². The Morgan fingerprint density at radius 2 is 2.06 bits per heavy atom. The molecule has 104 valence electrons. The van der Waals surface area contributed by atoms with Gasteiger partial charge < -0.3 is 15.7 Å². The zero-order chi connectivity index (χ0) is 13.2. The highest BCUT2D eigenvalue weighted by Crippen LogP contribution is 2.35. The zero-order valence-corrected chi connectivity index (χ0v) is 11.4. The van der Waals surface area contributed by atoms with Crippen molar-refractivity contribution in [2.75, 3.05) is 13.1 Å². The van der Waals surface area contributed by atoms with Crippen molar-refractivity contribution in [2.45, 2.75) is 63.5 Å². The second-order valence-electron chi connectivity index (χ2n) is 6.09. The second kappa shape index (κ2) is 5.57. The first kappa shape index (κ1) is 13.8. The van der Waals surface area contributed by atoms with E-state index < -0.39 is 11.5 Å². The van der Waals surface area contributed by atoms with Crippen LogP contribution in [0.25, 0.3) is 0 Å². The van der Waals surface area contributed by atoms with E-state index in [0.29, 0.717) is 12.8 Å². The number of nitrogens with zero attached hydrogens (tertiary/aromatic N) is 1. The summed E-state index contributed by atoms with van der Waals surface area (Å²) in [6, 6.07) is 0.782. The number of aliphatic carboxylic acids is 1. The van der Waals surface area contributed by atoms with Gasteiger partial charge in [0.05, 0.1) is 0 Å². The molecule has 0 aromatic heterocycles. The summed E-state index contributed by atoms with van der Waals surface area (Å²) < 4.78 is 0. The Hall–Kier alpha value is -0.610. The molecular weight excluding hydrogens is 228 g/mol. The molecule has 1 unspecified atom stereocenters. The Kier molecular flexibility index (Phi) is 4.28. The number of nitrogens with two attached hydrogens (primary N) is 1. The largest absolute Gasteiger partial charge is 0.480 e. The van der Waals surface area contributed by atoms with Crippen LogP contribution < -0.4 is 5.73 Å². The average molecular weight is 254 g/mol. The molecule has 4 nitrogen and oxygen atoms in total. The maximum absolute atomic E-state index is 11.1. The molecule has 2 aliphatic rings. The molecule has 4 heteroatoms. The average Bonchev–Trinajstić information content (AvgIpc) is 3.18. The third-order valence-corrected chi connectivity index (χ3v) is 4.38. The normalized spacial score (nSPS) is 23.1. The molecule has 0 radical (unpaired) electrons. The van der Waals surface area contributed by atoms with E-state index in [2.05, 4.69) is 4.90 Å². The lowest BCUT2D eigenvalue weighted by Crippen LogP contribution is -2.47. The minimum Gasteiger partial charge on any atom is -0.480 e. The van der Waals surface area contributed by atoms with Crippen molar-refractivity contribution in [3.05, 3.63) is 0 Å². The minimum atomic E-state index is -1.02. The Morgan fingerprint density at radius 1 is 1.39 bits per heavy atom. The van der Waals surface area contributed by atoms with Crippen LogP contribution in [-0.2, 0) is 4.79 Å². The van der Waals surface area contributed by atoms with Crippen molar-refractivity contribution in [2.24, 2.45) is 11.7 Å². The van der Waals surface area contributed by atoms with Crippen LogP contribution in [0, 0.1) is 5.92 Å². The third-order valence-electron chi connectivity index (χ3n) is 4.38. The first-order chi connectivity index (χ1) is 8.55. The molecule has 0 spiro atoms. The van der Waals surface area contributed by atoms with E-state index in [-0.39, 0.29) is 0 Å². The van der Waals surface area contributed by atoms with Crippen molar-refractivity contribution in [3.63, 3.8) is 0 Å². The van der Waals surface area contributed by atoms with Gasteiger partial charge >= 0.3 is 5.97 Å². The lowest BCUT2D eigenvalue weighted by Gasteiger charge is -2.26. The molecule has 2 aliphatic carbocycles. The highest BCUT2D eigenvalue weighted by atomic mass is 16.4. The van der Waals surface area contributed by atoms with Gasteiger partial charge in [-0.3, -0.25) is 4.79 Å². The highest BCUT2D eigenvalue weighted by molar-refractivity contribution is 5.78. The molecule has 0 amide bonds. The van der Waals surface area contributed by atoms with E-state index in [0.717, 1.165) is 24.9 Å². The topological polar surface area (TPSA) is 66.6 Å². The minimum absolute atomic E-state index is 0.508. The maximum atomic E-state index is 11.1. The number of rotatable bonds is 9. The summed E-state index contributed by atoms with van der Waals surface area (Å²) in [7, 11) is 0. The number of hydrogen-bond donors (Lipinski definition) is 2. The first-order valence-corrected chi connectivity index (χ1v) is 7.31. The molecule has 2 rings (SSSR count). The SMILES string of the molecule is CCC(N)(CCCN(CC1CC1)C1CC1)C(=O)O. The predicted molar refractivity (Wildman–Crippen MR) is 71.4 cm³/mol. The Bertz CT molecular complexity index is 300. The van der Waals surface area contributed by atoms with Crippen molar-refractivity contribution in [1.82, 2.24) is 4.90 Å². The number of carboxylic acid groups (broad SMARTS) is 1. The van der Waals surface area contributed by atoms with Crippen LogP contribution in [0.1, 0.15) is 51.9 Å². The lowest BCUT2D eigenvalue weighted by atomic mass is 9.92. The van der Waals surface area contributed by atoms with E-state index >= 15 is 0 Å². The molecule has 0 bridgehead atoms. The molecule has 2 fully saturated rings. The number of hydrogen-bond acceptors (Lipinski definition) is 3.